The molecule has 0 atom stereocenters. The Balaban J connectivity index is 0. The molecule has 0 aliphatic rings. The van der Waals surface area contributed by atoms with Gasteiger partial charge in [-0.05, 0) is 0 Å². The van der Waals surface area contributed by atoms with Gasteiger partial charge in [-0.15, -0.1) is 0 Å². The number of hydrogen-bond donors (Lipinski definition) is 0. The molecular weight excluding hydrogens is 420 g/mol. The van der Waals surface area contributed by atoms with Crippen molar-refractivity contribution < 1.29 is 54.9 Å². The molecule has 0 saturated carbocycles. The Labute approximate surface area is 79.9 Å². The van der Waals surface area contributed by atoms with Crippen LogP contribution in [0.25, 0.3) is 0 Å². The van der Waals surface area contributed by atoms with E-state index < -0.39 is 0 Å². The Bertz CT molecular complexity index is 8.00. The van der Waals surface area contributed by atoms with Crippen molar-refractivity contribution in [3.63, 3.8) is 0 Å². The molecule has 0 amide bonds. The molecule has 0 fully saturated rings. The summed E-state index contributed by atoms with van der Waals surface area (Å²) in [6, 6.07) is 0. The summed E-state index contributed by atoms with van der Waals surface area (Å²) in [7, 11) is 0. The summed E-state index contributed by atoms with van der Waals surface area (Å²) in [5, 5.41) is 0. The van der Waals surface area contributed by atoms with Crippen LogP contribution in [0.5, 0.6) is 0 Å². The van der Waals surface area contributed by atoms with Crippen LogP contribution < -0.4 is 0 Å². The van der Waals surface area contributed by atoms with Crippen molar-refractivity contribution in [2.75, 3.05) is 0 Å². The van der Waals surface area contributed by atoms with E-state index in [-0.39, 0.29) is 81.1 Å². The fraction of sp³-hybridized carbons (Fsp3) is 0. The van der Waals surface area contributed by atoms with Gasteiger partial charge in [0, 0.05) is 81.1 Å². The first-order valence-electron chi connectivity index (χ1n) is 0. The first-order valence-corrected chi connectivity index (χ1v) is 0. The van der Waals surface area contributed by atoms with E-state index in [9.17, 15) is 0 Å². The second-order valence-electron chi connectivity index (χ2n) is 0. The first kappa shape index (κ1) is 30.6. The van der Waals surface area contributed by atoms with E-state index in [4.69, 9.17) is 0 Å². The topological polar surface area (TPSA) is 0 Å². The monoisotopic (exact) mass is 422 g/mol. The maximum atomic E-state index is 0. The molecule has 0 aliphatic carbocycles. The van der Waals surface area contributed by atoms with Crippen LogP contribution in [0.1, 0.15) is 0 Å². The zero-order chi connectivity index (χ0) is 0. The minimum absolute atomic E-state index is 0. The van der Waals surface area contributed by atoms with Crippen molar-refractivity contribution in [1.29, 1.82) is 0 Å². The molecule has 0 nitrogen and oxygen atoms in total. The zero-order valence-electron chi connectivity index (χ0n) is 1.54. The van der Waals surface area contributed by atoms with E-state index in [1.54, 1.807) is 0 Å². The van der Waals surface area contributed by atoms with Crippen molar-refractivity contribution >= 4 is 26.2 Å². The Morgan fingerprint density at radius 1 is 1.00 bits per heavy atom. The molecule has 0 saturated heterocycles. The van der Waals surface area contributed by atoms with E-state index in [0.717, 1.165) is 0 Å². The second-order valence-corrected chi connectivity index (χ2v) is 0. The molecule has 0 bridgehead atoms. The van der Waals surface area contributed by atoms with Crippen molar-refractivity contribution in [2.45, 2.75) is 0 Å². The van der Waals surface area contributed by atoms with E-state index in [1.807, 2.05) is 0 Å². The summed E-state index contributed by atoms with van der Waals surface area (Å²) in [5.74, 6) is 0. The third-order valence-corrected chi connectivity index (χ3v) is 0. The largest absolute Gasteiger partial charge is 0 e. The molecule has 0 N–H and O–H groups in total. The summed E-state index contributed by atoms with van der Waals surface area (Å²) in [6.07, 6.45) is 0. The van der Waals surface area contributed by atoms with Gasteiger partial charge in [-0.1, -0.05) is 0 Å². The molecule has 0 aromatic heterocycles. The standard InChI is InChI=1S/Bi.Co.Fe.Mo. The van der Waals surface area contributed by atoms with Crippen LogP contribution >= 0.6 is 0 Å². The molecule has 4 heteroatoms. The molecule has 0 aliphatic heterocycles. The molecule has 0 aromatic carbocycles. The maximum Gasteiger partial charge on any atom is 0 e. The van der Waals surface area contributed by atoms with Crippen LogP contribution in [-0.2, 0) is 54.9 Å². The summed E-state index contributed by atoms with van der Waals surface area (Å²) in [6.45, 7) is 0. The second kappa shape index (κ2) is 17.5. The Kier molecular flexibility index (Phi) is 134. The van der Waals surface area contributed by atoms with Crippen LogP contribution in [-0.4, -0.2) is 26.2 Å². The fourth-order valence-corrected chi connectivity index (χ4v) is 0. The summed E-state index contributed by atoms with van der Waals surface area (Å²) < 4.78 is 0. The van der Waals surface area contributed by atoms with Crippen LogP contribution in [0, 0.1) is 0 Å². The molecule has 4 radical (unpaired) electrons. The summed E-state index contributed by atoms with van der Waals surface area (Å²) in [5.41, 5.74) is 0. The van der Waals surface area contributed by atoms with Crippen LogP contribution in [0.4, 0.5) is 0 Å². The minimum Gasteiger partial charge on any atom is 0 e. The van der Waals surface area contributed by atoms with Gasteiger partial charge in [0.2, 0.25) is 0 Å². The van der Waals surface area contributed by atoms with E-state index in [2.05, 4.69) is 0 Å². The smallest absolute Gasteiger partial charge is 0 e. The van der Waals surface area contributed by atoms with Gasteiger partial charge in [0.15, 0.2) is 0 Å². The molecule has 0 spiro atoms. The van der Waals surface area contributed by atoms with Gasteiger partial charge in [0.1, 0.15) is 0 Å². The van der Waals surface area contributed by atoms with Crippen molar-refractivity contribution in [1.82, 2.24) is 0 Å². The van der Waals surface area contributed by atoms with Crippen LogP contribution in [0.15, 0.2) is 0 Å². The maximum absolute atomic E-state index is 0. The molecule has 28 valence electrons. The SMILES string of the molecule is [Bi].[Co].[Fe].[Mo]. The normalized spacial score (nSPS) is 0. The van der Waals surface area contributed by atoms with Gasteiger partial charge < -0.3 is 0 Å². The third-order valence-electron chi connectivity index (χ3n) is 0. The van der Waals surface area contributed by atoms with Crippen LogP contribution in [0.2, 0.25) is 0 Å². The predicted octanol–water partition coefficient (Wildman–Crippen LogP) is -0.388. The van der Waals surface area contributed by atoms with Gasteiger partial charge >= 0.3 is 0 Å². The minimum atomic E-state index is 0. The fourth-order valence-electron chi connectivity index (χ4n) is 0. The van der Waals surface area contributed by atoms with E-state index >= 15 is 0 Å². The molecule has 0 rings (SSSR count). The molecule has 0 heterocycles. The Morgan fingerprint density at radius 3 is 1.00 bits per heavy atom. The van der Waals surface area contributed by atoms with E-state index in [1.165, 1.54) is 0 Å². The van der Waals surface area contributed by atoms with Gasteiger partial charge in [-0.3, -0.25) is 0 Å². The van der Waals surface area contributed by atoms with Crippen molar-refractivity contribution in [3.8, 4) is 0 Å². The molecule has 0 unspecified atom stereocenters. The Hall–Kier alpha value is 2.60. The summed E-state index contributed by atoms with van der Waals surface area (Å²) >= 11 is 0. The molecular formula is BiCoFeMo. The third kappa shape index (κ3) is 8.82. The van der Waals surface area contributed by atoms with E-state index in [0.29, 0.717) is 0 Å². The summed E-state index contributed by atoms with van der Waals surface area (Å²) in [4.78, 5) is 0. The molecule has 4 heavy (non-hydrogen) atoms. The first-order chi connectivity index (χ1) is 0. The van der Waals surface area contributed by atoms with Gasteiger partial charge in [0.05, 0.1) is 0 Å². The average molecular weight is 420 g/mol. The predicted molar refractivity (Wildman–Crippen MR) is 5.75 cm³/mol. The average Bonchev–Trinajstić information content (AvgIpc) is 0. The van der Waals surface area contributed by atoms with Crippen LogP contribution in [0.3, 0.4) is 0 Å². The number of hydrogen-bond acceptors (Lipinski definition) is 0. The van der Waals surface area contributed by atoms with Crippen molar-refractivity contribution in [3.05, 3.63) is 0 Å². The van der Waals surface area contributed by atoms with Crippen molar-refractivity contribution in [2.24, 2.45) is 0 Å². The number of rotatable bonds is 0. The molecule has 0 aromatic rings. The van der Waals surface area contributed by atoms with Gasteiger partial charge in [-0.2, -0.15) is 0 Å². The Morgan fingerprint density at radius 2 is 1.00 bits per heavy atom. The quantitative estimate of drug-likeness (QED) is 0.469. The zero-order valence-corrected chi connectivity index (χ0v) is 9.17. The van der Waals surface area contributed by atoms with Gasteiger partial charge in [-0.25, -0.2) is 0 Å². The van der Waals surface area contributed by atoms with Gasteiger partial charge in [0.25, 0.3) is 0 Å².